The van der Waals surface area contributed by atoms with Gasteiger partial charge in [-0.05, 0) is 248 Å². The van der Waals surface area contributed by atoms with Crippen molar-refractivity contribution in [2.45, 2.75) is 195 Å². The lowest BCUT2D eigenvalue weighted by Gasteiger charge is -2.60. The van der Waals surface area contributed by atoms with Crippen LogP contribution in [-0.2, 0) is 66.5 Å². The number of benzene rings is 4. The van der Waals surface area contributed by atoms with Gasteiger partial charge in [-0.1, -0.05) is 24.3 Å². The van der Waals surface area contributed by atoms with Gasteiger partial charge >= 0.3 is 0 Å². The quantitative estimate of drug-likeness (QED) is 0.112. The Hall–Kier alpha value is -7.40. The number of ketones is 4. The smallest absolute Gasteiger partial charge is 0.196 e. The van der Waals surface area contributed by atoms with Crippen LogP contribution in [-0.4, -0.2) is 207 Å². The van der Waals surface area contributed by atoms with Gasteiger partial charge < -0.3 is 59.8 Å². The molecular weight excluding hydrogens is 1270 g/mol. The second-order valence-corrected chi connectivity index (χ2v) is 33.5. The number of phenolic OH excluding ortho intramolecular Hbond substituents is 4. The van der Waals surface area contributed by atoms with Crippen LogP contribution in [0, 0.1) is 23.7 Å². The van der Waals surface area contributed by atoms with Crippen molar-refractivity contribution in [3.05, 3.63) is 142 Å². The minimum Gasteiger partial charge on any atom is -0.504 e. The van der Waals surface area contributed by atoms with E-state index in [0.29, 0.717) is 48.7 Å². The zero-order valence-electron chi connectivity index (χ0n) is 55.8. The largest absolute Gasteiger partial charge is 0.504 e. The van der Waals surface area contributed by atoms with Crippen molar-refractivity contribution in [1.82, 2.24) is 19.6 Å². The SMILES string of the molecule is O=C1C=C[C@@]2(O)[C@H]3Cc4ccc(O)c5c4[C@@]2(CCN3CC2CC2)[C@H]1O5.O=C1C=C[C@@]2(O)[C@H]3Cc4ccc(O)c5c4[C@@]2(CCN3CC2CC2)[C@H]1O5.O=C1C=C[C@@]2(O)[C@H]3Cc4ccc(O)c5c4[C@@]2(CCN3CC2CC2)[C@H]1O5.O=C1C=C[C@@]2(O)[C@H]3Cc4ccc(O)c5c4[C@@]2(CCN3CC2CC2)[C@H]1O5. The van der Waals surface area contributed by atoms with Crippen LogP contribution in [0.25, 0.3) is 0 Å². The number of phenols is 4. The number of nitrogens with zero attached hydrogens (tertiary/aromatic N) is 4. The van der Waals surface area contributed by atoms with Gasteiger partial charge in [0.15, 0.2) is 93.5 Å². The van der Waals surface area contributed by atoms with Gasteiger partial charge in [0, 0.05) is 72.6 Å². The molecule has 8 bridgehead atoms. The molecule has 12 aliphatic carbocycles. The summed E-state index contributed by atoms with van der Waals surface area (Å²) in [7, 11) is 0. The van der Waals surface area contributed by atoms with Crippen molar-refractivity contribution in [2.75, 3.05) is 52.4 Å². The molecule has 4 aromatic carbocycles. The molecule has 8 heterocycles. The summed E-state index contributed by atoms with van der Waals surface area (Å²) >= 11 is 0. The number of ether oxygens (including phenoxy) is 4. The van der Waals surface area contributed by atoms with Crippen LogP contribution in [0.4, 0.5) is 0 Å². The highest BCUT2D eigenvalue weighted by atomic mass is 16.5. The highest BCUT2D eigenvalue weighted by molar-refractivity contribution is 6.01. The van der Waals surface area contributed by atoms with E-state index in [0.717, 1.165) is 146 Å². The lowest BCUT2D eigenvalue weighted by Crippen LogP contribution is -2.75. The van der Waals surface area contributed by atoms with Crippen molar-refractivity contribution in [3.63, 3.8) is 0 Å². The summed E-state index contributed by atoms with van der Waals surface area (Å²) < 4.78 is 23.9. The fourth-order valence-corrected chi connectivity index (χ4v) is 23.4. The van der Waals surface area contributed by atoms with E-state index in [9.17, 15) is 60.0 Å². The molecule has 8 aliphatic heterocycles. The van der Waals surface area contributed by atoms with Gasteiger partial charge in [0.2, 0.25) is 0 Å². The van der Waals surface area contributed by atoms with Gasteiger partial charge in [0.05, 0.1) is 21.7 Å². The summed E-state index contributed by atoms with van der Waals surface area (Å²) in [6.45, 7) is 7.54. The Morgan fingerprint density at radius 1 is 0.330 bits per heavy atom. The predicted molar refractivity (Wildman–Crippen MR) is 359 cm³/mol. The van der Waals surface area contributed by atoms with Crippen LogP contribution in [0.15, 0.2) is 97.1 Å². The maximum atomic E-state index is 12.6. The van der Waals surface area contributed by atoms with Crippen LogP contribution in [0.5, 0.6) is 46.0 Å². The van der Waals surface area contributed by atoms with Gasteiger partial charge in [-0.3, -0.25) is 38.8 Å². The van der Waals surface area contributed by atoms with Crippen molar-refractivity contribution in [3.8, 4) is 46.0 Å². The average Bonchev–Trinajstić information content (AvgIpc) is 0.989. The highest BCUT2D eigenvalue weighted by Gasteiger charge is 2.77. The molecule has 4 saturated carbocycles. The number of hydrogen-bond acceptors (Lipinski definition) is 20. The molecule has 8 N–H and O–H groups in total. The first kappa shape index (κ1) is 61.3. The van der Waals surface area contributed by atoms with Gasteiger partial charge in [0.25, 0.3) is 0 Å². The first-order chi connectivity index (χ1) is 48.2. The number of aliphatic hydroxyl groups is 4. The van der Waals surface area contributed by atoms with E-state index in [-0.39, 0.29) is 70.3 Å². The van der Waals surface area contributed by atoms with E-state index in [1.165, 1.54) is 75.7 Å². The molecule has 20 aliphatic rings. The number of likely N-dealkylation sites (tertiary alicyclic amines) is 4. The molecule has 0 unspecified atom stereocenters. The van der Waals surface area contributed by atoms with Crippen molar-refractivity contribution < 1.29 is 79.0 Å². The minimum absolute atomic E-state index is 0.0414. The standard InChI is InChI=1S/4C20H21NO4/c4*22-13-4-3-12-9-15-20(24)6-5-14(23)18-19(20,16(12)17(13)25-18)7-8-21(15)10-11-1-2-11/h4*3-6,11,15,18,22,24H,1-2,7-10H2/t4*15-,18+,19+,20-/m1111/s1. The second-order valence-electron chi connectivity index (χ2n) is 33.5. The number of hydrogen-bond donors (Lipinski definition) is 8. The van der Waals surface area contributed by atoms with Crippen LogP contribution in [0.2, 0.25) is 0 Å². The molecule has 4 saturated heterocycles. The number of carbonyl (C=O) groups excluding carboxylic acids is 4. The summed E-state index contributed by atoms with van der Waals surface area (Å²) in [5, 5.41) is 88.8. The maximum absolute atomic E-state index is 12.6. The third kappa shape index (κ3) is 7.64. The monoisotopic (exact) mass is 1360 g/mol. The molecule has 0 radical (unpaired) electrons. The van der Waals surface area contributed by atoms with E-state index in [2.05, 4.69) is 19.6 Å². The Labute approximate surface area is 578 Å². The fourth-order valence-electron chi connectivity index (χ4n) is 23.4. The number of rotatable bonds is 8. The molecule has 16 atom stereocenters. The predicted octanol–water partition coefficient (Wildman–Crippen LogP) is 5.21. The van der Waals surface area contributed by atoms with E-state index >= 15 is 0 Å². The molecule has 100 heavy (non-hydrogen) atoms. The molecule has 4 spiro atoms. The fraction of sp³-hybridized carbons (Fsp3) is 0.550. The number of carbonyl (C=O) groups is 4. The van der Waals surface area contributed by atoms with E-state index < -0.39 is 68.5 Å². The topological polar surface area (TPSA) is 280 Å². The van der Waals surface area contributed by atoms with Crippen LogP contribution in [0.3, 0.4) is 0 Å². The van der Waals surface area contributed by atoms with E-state index in [4.69, 9.17) is 18.9 Å². The molecule has 520 valence electrons. The second kappa shape index (κ2) is 20.3. The molecule has 8 fully saturated rings. The molecular formula is C80H84N4O16. The van der Waals surface area contributed by atoms with Crippen LogP contribution >= 0.6 is 0 Å². The van der Waals surface area contributed by atoms with Gasteiger partial charge in [-0.15, -0.1) is 0 Å². The van der Waals surface area contributed by atoms with Crippen LogP contribution < -0.4 is 18.9 Å². The van der Waals surface area contributed by atoms with Gasteiger partial charge in [-0.25, -0.2) is 0 Å². The summed E-state index contributed by atoms with van der Waals surface area (Å²) in [5.74, 6) is 4.46. The summed E-state index contributed by atoms with van der Waals surface area (Å²) in [5.41, 5.74) is 0.405. The molecule has 20 nitrogen and oxygen atoms in total. The Kier molecular flexibility index (Phi) is 12.4. The summed E-state index contributed by atoms with van der Waals surface area (Å²) in [4.78, 5) is 60.2. The third-order valence-electron chi connectivity index (χ3n) is 28.7. The van der Waals surface area contributed by atoms with Crippen molar-refractivity contribution in [1.29, 1.82) is 0 Å². The highest BCUT2D eigenvalue weighted by Crippen LogP contribution is 2.69. The van der Waals surface area contributed by atoms with Gasteiger partial charge in [0.1, 0.15) is 22.4 Å². The Balaban J connectivity index is 0.0000000873. The van der Waals surface area contributed by atoms with Crippen molar-refractivity contribution in [2.24, 2.45) is 23.7 Å². The van der Waals surface area contributed by atoms with Gasteiger partial charge in [-0.2, -0.15) is 0 Å². The first-order valence-electron chi connectivity index (χ1n) is 37.0. The average molecular weight is 1360 g/mol. The molecule has 20 heteroatoms. The van der Waals surface area contributed by atoms with Crippen LogP contribution in [0.1, 0.15) is 122 Å². The molecule has 0 aromatic heterocycles. The minimum atomic E-state index is -1.12. The lowest BCUT2D eigenvalue weighted by molar-refractivity contribution is -0.155. The summed E-state index contributed by atoms with van der Waals surface area (Å²) in [6.07, 6.45) is 25.8. The summed E-state index contributed by atoms with van der Waals surface area (Å²) in [6, 6.07) is 14.2. The molecule has 4 aromatic rings. The number of piperidine rings is 4. The molecule has 24 rings (SSSR count). The lowest BCUT2D eigenvalue weighted by atomic mass is 9.51. The Morgan fingerprint density at radius 3 is 0.740 bits per heavy atom. The van der Waals surface area contributed by atoms with Crippen molar-refractivity contribution >= 4 is 23.1 Å². The third-order valence-corrected chi connectivity index (χ3v) is 28.7. The zero-order valence-corrected chi connectivity index (χ0v) is 55.8. The Bertz CT molecular complexity index is 3940. The van der Waals surface area contributed by atoms with E-state index in [1.54, 1.807) is 48.6 Å². The van der Waals surface area contributed by atoms with E-state index in [1.807, 2.05) is 24.3 Å². The first-order valence-corrected chi connectivity index (χ1v) is 37.0. The normalized spacial score (nSPS) is 40.8. The zero-order chi connectivity index (χ0) is 67.9. The molecule has 0 amide bonds. The maximum Gasteiger partial charge on any atom is 0.196 e. The number of aromatic hydroxyl groups is 4. The Morgan fingerprint density at radius 2 is 0.540 bits per heavy atom.